The molecular formula is C19H22Cl2N2O3. The lowest BCUT2D eigenvalue weighted by Gasteiger charge is -2.18. The summed E-state index contributed by atoms with van der Waals surface area (Å²) in [5.74, 6) is 1.26. The first-order valence-electron chi connectivity index (χ1n) is 8.07. The molecule has 0 aliphatic carbocycles. The number of nitrogens with one attached hydrogen (secondary N) is 1. The highest BCUT2D eigenvalue weighted by Crippen LogP contribution is 2.28. The molecular weight excluding hydrogens is 375 g/mol. The van der Waals surface area contributed by atoms with Crippen LogP contribution in [0.1, 0.15) is 12.0 Å². The predicted molar refractivity (Wildman–Crippen MR) is 106 cm³/mol. The number of nitrogens with zero attached hydrogens (tertiary/aromatic N) is 1. The molecule has 0 unspecified atom stereocenters. The van der Waals surface area contributed by atoms with Crippen LogP contribution in [0.15, 0.2) is 36.4 Å². The van der Waals surface area contributed by atoms with Gasteiger partial charge in [-0.15, -0.1) is 0 Å². The van der Waals surface area contributed by atoms with Crippen molar-refractivity contribution in [2.75, 3.05) is 33.1 Å². The lowest BCUT2D eigenvalue weighted by atomic mass is 10.2. The summed E-state index contributed by atoms with van der Waals surface area (Å²) < 4.78 is 10.6. The van der Waals surface area contributed by atoms with E-state index in [-0.39, 0.29) is 5.91 Å². The van der Waals surface area contributed by atoms with Crippen LogP contribution in [0.2, 0.25) is 10.0 Å². The lowest BCUT2D eigenvalue weighted by molar-refractivity contribution is -0.116. The molecule has 1 amide bonds. The largest absolute Gasteiger partial charge is 0.493 e. The Hall–Kier alpha value is -1.95. The maximum Gasteiger partial charge on any atom is 0.225 e. The Balaban J connectivity index is 1.87. The van der Waals surface area contributed by atoms with Crippen LogP contribution in [-0.2, 0) is 11.3 Å². The SMILES string of the molecule is COc1ccc(CN(C)CCC(=O)Nc2cc(Cl)ccc2Cl)cc1OC. The van der Waals surface area contributed by atoms with Crippen molar-refractivity contribution in [3.05, 3.63) is 52.0 Å². The molecule has 0 fully saturated rings. The summed E-state index contributed by atoms with van der Waals surface area (Å²) in [4.78, 5) is 14.2. The molecule has 1 N–H and O–H groups in total. The van der Waals surface area contributed by atoms with Crippen molar-refractivity contribution in [1.82, 2.24) is 4.90 Å². The van der Waals surface area contributed by atoms with E-state index in [1.165, 1.54) is 0 Å². The summed E-state index contributed by atoms with van der Waals surface area (Å²) in [6.45, 7) is 1.28. The number of ether oxygens (including phenoxy) is 2. The summed E-state index contributed by atoms with van der Waals surface area (Å²) in [6.07, 6.45) is 0.340. The first-order chi connectivity index (χ1) is 12.4. The van der Waals surface area contributed by atoms with Gasteiger partial charge < -0.3 is 19.7 Å². The number of methoxy groups -OCH3 is 2. The molecule has 0 atom stereocenters. The van der Waals surface area contributed by atoms with Crippen LogP contribution in [0.5, 0.6) is 11.5 Å². The second kappa shape index (κ2) is 9.67. The van der Waals surface area contributed by atoms with E-state index in [4.69, 9.17) is 32.7 Å². The molecule has 0 radical (unpaired) electrons. The standard InChI is InChI=1S/C19H22Cl2N2O3/c1-23(12-13-4-7-17(25-2)18(10-13)26-3)9-8-19(24)22-16-11-14(20)5-6-15(16)21/h4-7,10-11H,8-9,12H2,1-3H3,(H,22,24). The van der Waals surface area contributed by atoms with Crippen molar-refractivity contribution in [2.24, 2.45) is 0 Å². The molecule has 0 saturated carbocycles. The van der Waals surface area contributed by atoms with Crippen LogP contribution in [0.4, 0.5) is 5.69 Å². The average molecular weight is 397 g/mol. The molecule has 2 aromatic carbocycles. The van der Waals surface area contributed by atoms with Crippen molar-refractivity contribution in [3.8, 4) is 11.5 Å². The fourth-order valence-electron chi connectivity index (χ4n) is 2.47. The van der Waals surface area contributed by atoms with E-state index >= 15 is 0 Å². The smallest absolute Gasteiger partial charge is 0.225 e. The number of hydrogen-bond acceptors (Lipinski definition) is 4. The second-order valence-corrected chi connectivity index (χ2v) is 6.69. The first-order valence-corrected chi connectivity index (χ1v) is 8.83. The number of anilines is 1. The molecule has 5 nitrogen and oxygen atoms in total. The van der Waals surface area contributed by atoms with Gasteiger partial charge in [-0.3, -0.25) is 4.79 Å². The Kier molecular flexibility index (Phi) is 7.57. The summed E-state index contributed by atoms with van der Waals surface area (Å²) >= 11 is 12.0. The Morgan fingerprint density at radius 1 is 1.08 bits per heavy atom. The number of halogens is 2. The molecule has 0 aliphatic heterocycles. The minimum absolute atomic E-state index is 0.117. The molecule has 0 heterocycles. The number of benzene rings is 2. The third-order valence-corrected chi connectivity index (χ3v) is 4.39. The Morgan fingerprint density at radius 2 is 1.81 bits per heavy atom. The third kappa shape index (κ3) is 5.80. The van der Waals surface area contributed by atoms with E-state index in [0.717, 1.165) is 5.56 Å². The van der Waals surface area contributed by atoms with Gasteiger partial charge in [0.2, 0.25) is 5.91 Å². The van der Waals surface area contributed by atoms with E-state index in [1.54, 1.807) is 32.4 Å². The molecule has 0 aliphatic rings. The fraction of sp³-hybridized carbons (Fsp3) is 0.316. The third-order valence-electron chi connectivity index (χ3n) is 3.82. The van der Waals surface area contributed by atoms with Gasteiger partial charge in [0.15, 0.2) is 11.5 Å². The molecule has 0 aromatic heterocycles. The zero-order chi connectivity index (χ0) is 19.1. The van der Waals surface area contributed by atoms with Crippen molar-refractivity contribution < 1.29 is 14.3 Å². The quantitative estimate of drug-likeness (QED) is 0.714. The lowest BCUT2D eigenvalue weighted by Crippen LogP contribution is -2.24. The highest BCUT2D eigenvalue weighted by molar-refractivity contribution is 6.35. The Morgan fingerprint density at radius 3 is 2.50 bits per heavy atom. The van der Waals surface area contributed by atoms with Crippen LogP contribution in [0.3, 0.4) is 0 Å². The summed E-state index contributed by atoms with van der Waals surface area (Å²) in [5.41, 5.74) is 1.59. The summed E-state index contributed by atoms with van der Waals surface area (Å²) in [7, 11) is 5.17. The monoisotopic (exact) mass is 396 g/mol. The van der Waals surface area contributed by atoms with Gasteiger partial charge >= 0.3 is 0 Å². The molecule has 0 spiro atoms. The number of amides is 1. The van der Waals surface area contributed by atoms with Crippen molar-refractivity contribution in [1.29, 1.82) is 0 Å². The number of carbonyl (C=O) groups excluding carboxylic acids is 1. The van der Waals surface area contributed by atoms with E-state index in [0.29, 0.717) is 46.7 Å². The van der Waals surface area contributed by atoms with Gasteiger partial charge in [-0.25, -0.2) is 0 Å². The Labute approximate surface area is 163 Å². The van der Waals surface area contributed by atoms with Gasteiger partial charge in [0.1, 0.15) is 0 Å². The minimum atomic E-state index is -0.117. The molecule has 2 aromatic rings. The van der Waals surface area contributed by atoms with Crippen LogP contribution in [-0.4, -0.2) is 38.6 Å². The summed E-state index contributed by atoms with van der Waals surface area (Å²) in [6, 6.07) is 10.7. The number of carbonyl (C=O) groups is 1. The maximum atomic E-state index is 12.1. The highest BCUT2D eigenvalue weighted by atomic mass is 35.5. The van der Waals surface area contributed by atoms with Gasteiger partial charge in [-0.2, -0.15) is 0 Å². The topological polar surface area (TPSA) is 50.8 Å². The maximum absolute atomic E-state index is 12.1. The second-order valence-electron chi connectivity index (χ2n) is 5.85. The van der Waals surface area contributed by atoms with Gasteiger partial charge in [-0.05, 0) is 42.9 Å². The van der Waals surface area contributed by atoms with Crippen molar-refractivity contribution in [3.63, 3.8) is 0 Å². The summed E-state index contributed by atoms with van der Waals surface area (Å²) in [5, 5.41) is 3.77. The molecule has 2 rings (SSSR count). The molecule has 140 valence electrons. The zero-order valence-corrected chi connectivity index (χ0v) is 16.5. The van der Waals surface area contributed by atoms with Gasteiger partial charge in [0, 0.05) is 24.5 Å². The first kappa shape index (κ1) is 20.4. The van der Waals surface area contributed by atoms with Crippen LogP contribution in [0.25, 0.3) is 0 Å². The normalized spacial score (nSPS) is 10.7. The number of hydrogen-bond donors (Lipinski definition) is 1. The molecule has 0 saturated heterocycles. The predicted octanol–water partition coefficient (Wildman–Crippen LogP) is 4.47. The van der Waals surface area contributed by atoms with E-state index in [1.807, 2.05) is 25.2 Å². The van der Waals surface area contributed by atoms with Gasteiger partial charge in [0.05, 0.1) is 24.9 Å². The molecule has 7 heteroatoms. The van der Waals surface area contributed by atoms with Crippen LogP contribution < -0.4 is 14.8 Å². The van der Waals surface area contributed by atoms with Crippen LogP contribution in [0, 0.1) is 0 Å². The van der Waals surface area contributed by atoms with Crippen molar-refractivity contribution in [2.45, 2.75) is 13.0 Å². The Bertz CT molecular complexity index is 768. The molecule has 0 bridgehead atoms. The average Bonchev–Trinajstić information content (AvgIpc) is 2.63. The fourth-order valence-corrected chi connectivity index (χ4v) is 2.81. The zero-order valence-electron chi connectivity index (χ0n) is 15.0. The highest BCUT2D eigenvalue weighted by Gasteiger charge is 2.10. The van der Waals surface area contributed by atoms with Crippen LogP contribution >= 0.6 is 23.2 Å². The van der Waals surface area contributed by atoms with E-state index < -0.39 is 0 Å². The van der Waals surface area contributed by atoms with Gasteiger partial charge in [-0.1, -0.05) is 29.3 Å². The number of rotatable bonds is 8. The molecule has 26 heavy (non-hydrogen) atoms. The van der Waals surface area contributed by atoms with E-state index in [2.05, 4.69) is 10.2 Å². The van der Waals surface area contributed by atoms with Crippen molar-refractivity contribution >= 4 is 34.8 Å². The van der Waals surface area contributed by atoms with Gasteiger partial charge in [0.25, 0.3) is 0 Å². The van der Waals surface area contributed by atoms with E-state index in [9.17, 15) is 4.79 Å². The minimum Gasteiger partial charge on any atom is -0.493 e.